The minimum atomic E-state index is -0.0358. The summed E-state index contributed by atoms with van der Waals surface area (Å²) in [5.41, 5.74) is 0.899. The van der Waals surface area contributed by atoms with Crippen molar-refractivity contribution in [2.24, 2.45) is 0 Å². The molecule has 4 nitrogen and oxygen atoms in total. The third-order valence-electron chi connectivity index (χ3n) is 2.96. The number of amides is 1. The minimum absolute atomic E-state index is 0.0358. The molecule has 1 heterocycles. The van der Waals surface area contributed by atoms with E-state index in [9.17, 15) is 4.79 Å². The summed E-state index contributed by atoms with van der Waals surface area (Å²) in [5, 5.41) is 8.72. The van der Waals surface area contributed by atoms with E-state index in [-0.39, 0.29) is 5.91 Å². The second-order valence-electron chi connectivity index (χ2n) is 4.54. The van der Waals surface area contributed by atoms with Gasteiger partial charge in [-0.3, -0.25) is 4.79 Å². The maximum absolute atomic E-state index is 12.3. The summed E-state index contributed by atoms with van der Waals surface area (Å²) in [4.78, 5) is 18.3. The molecule has 102 valence electrons. The van der Waals surface area contributed by atoms with E-state index in [0.717, 1.165) is 38.8 Å². The van der Waals surface area contributed by atoms with Gasteiger partial charge in [-0.15, -0.1) is 0 Å². The summed E-state index contributed by atoms with van der Waals surface area (Å²) >= 11 is 0. The van der Waals surface area contributed by atoms with Gasteiger partial charge in [-0.2, -0.15) is 5.26 Å². The molecule has 4 heteroatoms. The van der Waals surface area contributed by atoms with Crippen LogP contribution in [0.2, 0.25) is 0 Å². The maximum Gasteiger partial charge on any atom is 0.272 e. The number of nitriles is 1. The zero-order valence-corrected chi connectivity index (χ0v) is 11.7. The second-order valence-corrected chi connectivity index (χ2v) is 4.54. The van der Waals surface area contributed by atoms with E-state index in [1.807, 2.05) is 11.0 Å². The highest BCUT2D eigenvalue weighted by atomic mass is 16.2. The Morgan fingerprint density at radius 3 is 2.32 bits per heavy atom. The molecule has 0 aromatic carbocycles. The third-order valence-corrected chi connectivity index (χ3v) is 2.96. The van der Waals surface area contributed by atoms with Crippen LogP contribution in [0.3, 0.4) is 0 Å². The van der Waals surface area contributed by atoms with Crippen LogP contribution in [-0.2, 0) is 0 Å². The van der Waals surface area contributed by atoms with Crippen LogP contribution in [-0.4, -0.2) is 28.9 Å². The van der Waals surface area contributed by atoms with E-state index in [1.165, 1.54) is 6.20 Å². The Morgan fingerprint density at radius 1 is 1.26 bits per heavy atom. The number of rotatable bonds is 7. The molecule has 0 saturated carbocycles. The highest BCUT2D eigenvalue weighted by Crippen LogP contribution is 2.07. The number of hydrogen-bond donors (Lipinski definition) is 0. The van der Waals surface area contributed by atoms with Crippen LogP contribution in [0, 0.1) is 11.3 Å². The monoisotopic (exact) mass is 259 g/mol. The number of carbonyl (C=O) groups is 1. The third kappa shape index (κ3) is 4.70. The van der Waals surface area contributed by atoms with E-state index in [4.69, 9.17) is 5.26 Å². The lowest BCUT2D eigenvalue weighted by Crippen LogP contribution is -2.33. The molecule has 0 aliphatic carbocycles. The maximum atomic E-state index is 12.3. The van der Waals surface area contributed by atoms with Crippen LogP contribution in [0.1, 0.15) is 55.6 Å². The SMILES string of the molecule is CCCCN(CCCC)C(=O)c1ccc(C#N)cn1. The molecule has 0 N–H and O–H groups in total. The van der Waals surface area contributed by atoms with Crippen molar-refractivity contribution < 1.29 is 4.79 Å². The quantitative estimate of drug-likeness (QED) is 0.756. The predicted octanol–water partition coefficient (Wildman–Crippen LogP) is 3.00. The summed E-state index contributed by atoms with van der Waals surface area (Å²) in [7, 11) is 0. The van der Waals surface area contributed by atoms with Gasteiger partial charge in [-0.05, 0) is 25.0 Å². The first-order chi connectivity index (χ1) is 9.22. The molecular formula is C15H21N3O. The molecule has 19 heavy (non-hydrogen) atoms. The Hall–Kier alpha value is -1.89. The smallest absolute Gasteiger partial charge is 0.272 e. The zero-order valence-electron chi connectivity index (χ0n) is 11.7. The van der Waals surface area contributed by atoms with Crippen molar-refractivity contribution in [2.45, 2.75) is 39.5 Å². The van der Waals surface area contributed by atoms with Gasteiger partial charge >= 0.3 is 0 Å². The first kappa shape index (κ1) is 15.2. The largest absolute Gasteiger partial charge is 0.337 e. The van der Waals surface area contributed by atoms with Gasteiger partial charge < -0.3 is 4.90 Å². The molecule has 0 aliphatic rings. The van der Waals surface area contributed by atoms with Crippen molar-refractivity contribution in [3.63, 3.8) is 0 Å². The number of pyridine rings is 1. The minimum Gasteiger partial charge on any atom is -0.337 e. The molecule has 0 bridgehead atoms. The standard InChI is InChI=1S/C15H21N3O/c1-3-5-9-18(10-6-4-2)15(19)14-8-7-13(11-16)12-17-14/h7-8,12H,3-6,9-10H2,1-2H3. The average Bonchev–Trinajstić information content (AvgIpc) is 2.47. The first-order valence-electron chi connectivity index (χ1n) is 6.88. The van der Waals surface area contributed by atoms with Crippen molar-refractivity contribution in [2.75, 3.05) is 13.1 Å². The average molecular weight is 259 g/mol. The molecule has 1 aromatic heterocycles. The molecular weight excluding hydrogens is 238 g/mol. The highest BCUT2D eigenvalue weighted by Gasteiger charge is 2.15. The Morgan fingerprint density at radius 2 is 1.89 bits per heavy atom. The molecule has 0 atom stereocenters. The van der Waals surface area contributed by atoms with E-state index in [0.29, 0.717) is 11.3 Å². The lowest BCUT2D eigenvalue weighted by atomic mass is 10.2. The summed E-state index contributed by atoms with van der Waals surface area (Å²) < 4.78 is 0. The predicted molar refractivity (Wildman–Crippen MR) is 74.7 cm³/mol. The number of aromatic nitrogens is 1. The van der Waals surface area contributed by atoms with E-state index >= 15 is 0 Å². The van der Waals surface area contributed by atoms with E-state index < -0.39 is 0 Å². The van der Waals surface area contributed by atoms with Gasteiger partial charge in [0, 0.05) is 19.3 Å². The Balaban J connectivity index is 2.75. The molecule has 1 aromatic rings. The topological polar surface area (TPSA) is 57.0 Å². The normalized spacial score (nSPS) is 9.95. The zero-order chi connectivity index (χ0) is 14.1. The van der Waals surface area contributed by atoms with Gasteiger partial charge in [-0.25, -0.2) is 4.98 Å². The van der Waals surface area contributed by atoms with Crippen LogP contribution in [0.25, 0.3) is 0 Å². The highest BCUT2D eigenvalue weighted by molar-refractivity contribution is 5.92. The molecule has 1 rings (SSSR count). The molecule has 0 saturated heterocycles. The van der Waals surface area contributed by atoms with Gasteiger partial charge in [-0.1, -0.05) is 26.7 Å². The summed E-state index contributed by atoms with van der Waals surface area (Å²) in [6.45, 7) is 5.78. The van der Waals surface area contributed by atoms with Crippen LogP contribution in [0.5, 0.6) is 0 Å². The Labute approximate surface area is 115 Å². The Bertz CT molecular complexity index is 426. The van der Waals surface area contributed by atoms with Crippen molar-refractivity contribution in [3.05, 3.63) is 29.6 Å². The summed E-state index contributed by atoms with van der Waals surface area (Å²) in [6, 6.07) is 5.27. The fourth-order valence-corrected chi connectivity index (χ4v) is 1.76. The number of unbranched alkanes of at least 4 members (excludes halogenated alkanes) is 2. The van der Waals surface area contributed by atoms with Crippen molar-refractivity contribution in [3.8, 4) is 6.07 Å². The molecule has 0 unspecified atom stereocenters. The lowest BCUT2D eigenvalue weighted by Gasteiger charge is -2.21. The van der Waals surface area contributed by atoms with Crippen molar-refractivity contribution in [1.82, 2.24) is 9.88 Å². The molecule has 1 amide bonds. The van der Waals surface area contributed by atoms with Gasteiger partial charge in [0.1, 0.15) is 11.8 Å². The van der Waals surface area contributed by atoms with Crippen LogP contribution >= 0.6 is 0 Å². The first-order valence-corrected chi connectivity index (χ1v) is 6.88. The van der Waals surface area contributed by atoms with Crippen LogP contribution < -0.4 is 0 Å². The van der Waals surface area contributed by atoms with Crippen molar-refractivity contribution in [1.29, 1.82) is 5.26 Å². The summed E-state index contributed by atoms with van der Waals surface area (Å²) in [5.74, 6) is -0.0358. The Kier molecular flexibility index (Phi) is 6.59. The number of carbonyl (C=O) groups excluding carboxylic acids is 1. The van der Waals surface area contributed by atoms with Crippen LogP contribution in [0.4, 0.5) is 0 Å². The molecule has 0 aliphatic heterocycles. The lowest BCUT2D eigenvalue weighted by molar-refractivity contribution is 0.0745. The molecule has 0 fully saturated rings. The molecule has 0 radical (unpaired) electrons. The fourth-order valence-electron chi connectivity index (χ4n) is 1.76. The fraction of sp³-hybridized carbons (Fsp3) is 0.533. The number of hydrogen-bond acceptors (Lipinski definition) is 3. The van der Waals surface area contributed by atoms with E-state index in [2.05, 4.69) is 18.8 Å². The van der Waals surface area contributed by atoms with Crippen LogP contribution in [0.15, 0.2) is 18.3 Å². The van der Waals surface area contributed by atoms with E-state index in [1.54, 1.807) is 12.1 Å². The van der Waals surface area contributed by atoms with Gasteiger partial charge in [0.15, 0.2) is 0 Å². The summed E-state index contributed by atoms with van der Waals surface area (Å²) in [6.07, 6.45) is 5.59. The van der Waals surface area contributed by atoms with Gasteiger partial charge in [0.05, 0.1) is 5.56 Å². The molecule has 0 spiro atoms. The second kappa shape index (κ2) is 8.25. The van der Waals surface area contributed by atoms with Gasteiger partial charge in [0.25, 0.3) is 5.91 Å². The number of nitrogens with zero attached hydrogens (tertiary/aromatic N) is 3. The van der Waals surface area contributed by atoms with Gasteiger partial charge in [0.2, 0.25) is 0 Å². The van der Waals surface area contributed by atoms with Crippen molar-refractivity contribution >= 4 is 5.91 Å².